The van der Waals surface area contributed by atoms with E-state index in [9.17, 15) is 18.4 Å². The number of hydrogen-bond donors (Lipinski definition) is 0. The number of morpholine rings is 2. The van der Waals surface area contributed by atoms with Gasteiger partial charge in [-0.25, -0.2) is 18.7 Å². The number of aromatic nitrogens is 4. The summed E-state index contributed by atoms with van der Waals surface area (Å²) in [5.74, 6) is 0.912. The summed E-state index contributed by atoms with van der Waals surface area (Å²) in [6.07, 6.45) is 14.5. The van der Waals surface area contributed by atoms with Gasteiger partial charge in [-0.15, -0.1) is 0 Å². The van der Waals surface area contributed by atoms with Gasteiger partial charge in [-0.05, 0) is 136 Å². The van der Waals surface area contributed by atoms with Crippen LogP contribution in [-0.4, -0.2) is 121 Å². The summed E-state index contributed by atoms with van der Waals surface area (Å²) in [4.78, 5) is 44.0. The molecule has 0 radical (unpaired) electrons. The molecule has 4 aliphatic heterocycles. The predicted octanol–water partition coefficient (Wildman–Crippen LogP) is 9.86. The number of aryl methyl sites for hydroxylation is 2. The normalized spacial score (nSPS) is 18.4. The maximum atomic E-state index is 14.2. The van der Waals surface area contributed by atoms with E-state index in [1.165, 1.54) is 12.1 Å². The Morgan fingerprint density at radius 2 is 0.959 bits per heavy atom. The number of amides is 2. The molecule has 0 saturated carbocycles. The van der Waals surface area contributed by atoms with Crippen LogP contribution in [0.3, 0.4) is 0 Å². The van der Waals surface area contributed by atoms with E-state index in [0.717, 1.165) is 80.4 Å². The van der Waals surface area contributed by atoms with Crippen LogP contribution in [0.25, 0.3) is 23.5 Å². The highest BCUT2D eigenvalue weighted by molar-refractivity contribution is 5.99. The van der Waals surface area contributed by atoms with Crippen molar-refractivity contribution in [3.63, 3.8) is 0 Å². The third kappa shape index (κ3) is 11.6. The largest absolute Gasteiger partial charge is 0.495 e. The Labute approximate surface area is 432 Å². The van der Waals surface area contributed by atoms with Gasteiger partial charge in [-0.1, -0.05) is 24.3 Å². The molecule has 2 amide bonds. The van der Waals surface area contributed by atoms with Gasteiger partial charge in [0, 0.05) is 74.2 Å². The number of likely N-dealkylation sites (tertiary alicyclic amines) is 2. The molecule has 4 fully saturated rings. The van der Waals surface area contributed by atoms with Crippen molar-refractivity contribution in [3.05, 3.63) is 154 Å². The van der Waals surface area contributed by atoms with E-state index in [2.05, 4.69) is 19.8 Å². The molecule has 4 saturated heterocycles. The maximum absolute atomic E-state index is 14.2. The minimum Gasteiger partial charge on any atom is -0.495 e. The van der Waals surface area contributed by atoms with Gasteiger partial charge in [-0.3, -0.25) is 9.59 Å². The second-order valence-electron chi connectivity index (χ2n) is 19.2. The first kappa shape index (κ1) is 51.6. The van der Waals surface area contributed by atoms with Crippen LogP contribution in [0.4, 0.5) is 20.2 Å². The van der Waals surface area contributed by atoms with E-state index in [-0.39, 0.29) is 35.5 Å². The van der Waals surface area contributed by atoms with Crippen molar-refractivity contribution in [2.75, 3.05) is 89.7 Å². The fourth-order valence-electron chi connectivity index (χ4n) is 10.4. The summed E-state index contributed by atoms with van der Waals surface area (Å²) >= 11 is 0. The Kier molecular flexibility index (Phi) is 16.2. The van der Waals surface area contributed by atoms with Gasteiger partial charge in [0.05, 0.1) is 88.1 Å². The summed E-state index contributed by atoms with van der Waals surface area (Å²) in [6.45, 7) is 14.6. The minimum absolute atomic E-state index is 0.0179. The maximum Gasteiger partial charge on any atom is 0.250 e. The number of imidazole rings is 2. The van der Waals surface area contributed by atoms with Gasteiger partial charge in [0.1, 0.15) is 23.1 Å². The quantitative estimate of drug-likeness (QED) is 0.110. The molecule has 388 valence electrons. The highest BCUT2D eigenvalue weighted by atomic mass is 19.1. The fraction of sp³-hybridized carbons (Fsp3) is 0.379. The average molecular weight is 1010 g/mol. The number of carbonyl (C=O) groups is 2. The zero-order valence-electron chi connectivity index (χ0n) is 43.2. The van der Waals surface area contributed by atoms with Gasteiger partial charge >= 0.3 is 0 Å². The van der Waals surface area contributed by atoms with Crippen molar-refractivity contribution in [2.24, 2.45) is 0 Å². The molecule has 2 aromatic heterocycles. The number of halogens is 2. The first-order chi connectivity index (χ1) is 35.9. The van der Waals surface area contributed by atoms with Crippen molar-refractivity contribution in [2.45, 2.75) is 65.5 Å². The summed E-state index contributed by atoms with van der Waals surface area (Å²) in [7, 11) is 3.28. The van der Waals surface area contributed by atoms with Crippen molar-refractivity contribution < 1.29 is 37.3 Å². The fourth-order valence-corrected chi connectivity index (χ4v) is 10.4. The summed E-state index contributed by atoms with van der Waals surface area (Å²) in [5.41, 5.74) is 10.6. The molecule has 74 heavy (non-hydrogen) atoms. The Hall–Kier alpha value is -7.30. The lowest BCUT2D eigenvalue weighted by molar-refractivity contribution is -0.131. The van der Waals surface area contributed by atoms with Crippen LogP contribution in [0.1, 0.15) is 85.3 Å². The molecule has 0 aliphatic carbocycles. The van der Waals surface area contributed by atoms with Crippen LogP contribution < -0.4 is 19.3 Å². The number of nitrogens with zero attached hydrogens (tertiary/aromatic N) is 8. The third-order valence-corrected chi connectivity index (χ3v) is 14.4. The number of benzene rings is 4. The smallest absolute Gasteiger partial charge is 0.250 e. The number of piperidine rings is 2. The number of rotatable bonds is 12. The van der Waals surface area contributed by atoms with Gasteiger partial charge in [-0.2, -0.15) is 0 Å². The molecule has 0 bridgehead atoms. The van der Waals surface area contributed by atoms with E-state index < -0.39 is 0 Å². The summed E-state index contributed by atoms with van der Waals surface area (Å²) in [6, 6.07) is 21.2. The molecule has 14 nitrogen and oxygen atoms in total. The molecule has 4 aliphatic rings. The van der Waals surface area contributed by atoms with Gasteiger partial charge < -0.3 is 47.7 Å². The molecule has 0 N–H and O–H groups in total. The molecule has 10 rings (SSSR count). The zero-order chi connectivity index (χ0) is 51.9. The standard InChI is InChI=1S/2C29H33FN4O3/c2*1-20-18-33(19-31-20)26-9-6-22(16-28(26)36-3)15-23-5-4-10-34(29(23)35)21(2)25-8-7-24(30)17-27(25)32-11-13-37-14-12-32/h2*6-9,15-19,21H,4-5,10-14H2,1-3H3/b2*23-15+/t2*21-/m10/s1. The molecule has 6 heterocycles. The lowest BCUT2D eigenvalue weighted by Gasteiger charge is -2.37. The summed E-state index contributed by atoms with van der Waals surface area (Å²) in [5, 5.41) is 0. The van der Waals surface area contributed by atoms with Crippen LogP contribution >= 0.6 is 0 Å². The zero-order valence-corrected chi connectivity index (χ0v) is 43.2. The molecule has 16 heteroatoms. The van der Waals surface area contributed by atoms with Gasteiger partial charge in [0.25, 0.3) is 0 Å². The van der Waals surface area contributed by atoms with E-state index in [1.807, 2.05) is 120 Å². The molecular weight excluding hydrogens is 943 g/mol. The molecule has 0 spiro atoms. The van der Waals surface area contributed by atoms with Crippen molar-refractivity contribution >= 4 is 35.3 Å². The van der Waals surface area contributed by atoms with Crippen molar-refractivity contribution in [3.8, 4) is 22.9 Å². The highest BCUT2D eigenvalue weighted by Gasteiger charge is 2.32. The topological polar surface area (TPSA) is 120 Å². The van der Waals surface area contributed by atoms with E-state index in [4.69, 9.17) is 18.9 Å². The van der Waals surface area contributed by atoms with Crippen molar-refractivity contribution in [1.29, 1.82) is 0 Å². The highest BCUT2D eigenvalue weighted by Crippen LogP contribution is 2.38. The molecule has 4 aromatic carbocycles. The lowest BCUT2D eigenvalue weighted by atomic mass is 9.96. The van der Waals surface area contributed by atoms with Crippen LogP contribution in [0.5, 0.6) is 11.5 Å². The number of carbonyl (C=O) groups excluding carboxylic acids is 2. The number of methoxy groups -OCH3 is 2. The Balaban J connectivity index is 0.000000182. The van der Waals surface area contributed by atoms with Crippen LogP contribution in [-0.2, 0) is 19.1 Å². The number of hydrogen-bond acceptors (Lipinski definition) is 10. The Morgan fingerprint density at radius 1 is 0.554 bits per heavy atom. The first-order valence-corrected chi connectivity index (χ1v) is 25.5. The van der Waals surface area contributed by atoms with E-state index in [0.29, 0.717) is 90.0 Å². The number of anilines is 2. The van der Waals surface area contributed by atoms with Crippen molar-refractivity contribution in [1.82, 2.24) is 28.9 Å². The van der Waals surface area contributed by atoms with Gasteiger partial charge in [0.15, 0.2) is 0 Å². The predicted molar refractivity (Wildman–Crippen MR) is 283 cm³/mol. The minimum atomic E-state index is -0.272. The first-order valence-electron chi connectivity index (χ1n) is 25.5. The SMILES string of the molecule is COc1cc(/C=C2\CCCN([C@@H](C)c3ccc(F)cc3N3CCOCC3)C2=O)ccc1-n1cnc(C)c1.COc1cc(/C=C2\CCCN([C@H](C)c3ccc(F)cc3N3CCOCC3)C2=O)ccc1-n1cnc(C)c1. The second-order valence-corrected chi connectivity index (χ2v) is 19.2. The van der Waals surface area contributed by atoms with Crippen LogP contribution in [0, 0.1) is 25.5 Å². The number of ether oxygens (including phenoxy) is 4. The third-order valence-electron chi connectivity index (χ3n) is 14.4. The average Bonchev–Trinajstić information content (AvgIpc) is 4.07. The second kappa shape index (κ2) is 23.3. The van der Waals surface area contributed by atoms with Crippen LogP contribution in [0.15, 0.2) is 109 Å². The van der Waals surface area contributed by atoms with E-state index >= 15 is 0 Å². The Bertz CT molecular complexity index is 2830. The molecule has 2 atom stereocenters. The molecule has 0 unspecified atom stereocenters. The molecule has 6 aromatic rings. The summed E-state index contributed by atoms with van der Waals surface area (Å²) < 4.78 is 54.6. The lowest BCUT2D eigenvalue weighted by Crippen LogP contribution is -2.41. The molecular formula is C58H66F2N8O6. The monoisotopic (exact) mass is 1010 g/mol. The van der Waals surface area contributed by atoms with Crippen LogP contribution in [0.2, 0.25) is 0 Å². The van der Waals surface area contributed by atoms with E-state index in [1.54, 1.807) is 39.0 Å². The Morgan fingerprint density at radius 3 is 1.32 bits per heavy atom. The van der Waals surface area contributed by atoms with Gasteiger partial charge in [0.2, 0.25) is 11.8 Å².